The second-order valence-corrected chi connectivity index (χ2v) is 5.38. The fourth-order valence-corrected chi connectivity index (χ4v) is 2.03. The molecule has 0 aliphatic heterocycles. The Bertz CT molecular complexity index is 579. The average molecular weight is 350 g/mol. The number of halogens is 3. The molecule has 0 heterocycles. The Morgan fingerprint density at radius 3 is 2.52 bits per heavy atom. The summed E-state index contributed by atoms with van der Waals surface area (Å²) < 4.78 is 37.8. The Kier molecular flexibility index (Phi) is 6.55. The van der Waals surface area contributed by atoms with E-state index >= 15 is 0 Å². The van der Waals surface area contributed by atoms with Gasteiger partial charge in [-0.2, -0.15) is 13.2 Å². The van der Waals surface area contributed by atoms with E-state index in [0.29, 0.717) is 17.7 Å². The first-order chi connectivity index (χ1) is 10.6. The molecule has 0 saturated heterocycles. The van der Waals surface area contributed by atoms with Crippen LogP contribution in [0.2, 0.25) is 0 Å². The van der Waals surface area contributed by atoms with Gasteiger partial charge in [-0.05, 0) is 38.2 Å². The standard InChI is InChI=1S/C13H17F3N4O2S/c1-8(2)19-12(23)18-6-5-17-10-4-3-9(13(14,15)16)7-11(10)20(21)22/h3-4,7-8,17H,5-6H2,1-2H3,(H2,18,19,23). The second kappa shape index (κ2) is 7.95. The molecule has 0 atom stereocenters. The van der Waals surface area contributed by atoms with Gasteiger partial charge in [-0.15, -0.1) is 0 Å². The van der Waals surface area contributed by atoms with Crippen molar-refractivity contribution in [2.24, 2.45) is 0 Å². The number of nitro groups is 1. The molecular weight excluding hydrogens is 333 g/mol. The normalized spacial score (nSPS) is 11.2. The minimum Gasteiger partial charge on any atom is -0.378 e. The van der Waals surface area contributed by atoms with Crippen LogP contribution in [0.5, 0.6) is 0 Å². The summed E-state index contributed by atoms with van der Waals surface area (Å²) in [6.07, 6.45) is -4.63. The Hall–Kier alpha value is -2.10. The van der Waals surface area contributed by atoms with Crippen LogP contribution >= 0.6 is 12.2 Å². The maximum Gasteiger partial charge on any atom is 0.416 e. The van der Waals surface area contributed by atoms with E-state index in [1.54, 1.807) is 0 Å². The number of hydrogen-bond acceptors (Lipinski definition) is 4. The smallest absolute Gasteiger partial charge is 0.378 e. The lowest BCUT2D eigenvalue weighted by atomic mass is 10.1. The highest BCUT2D eigenvalue weighted by molar-refractivity contribution is 7.80. The minimum absolute atomic E-state index is 0.0209. The first-order valence-electron chi connectivity index (χ1n) is 6.75. The van der Waals surface area contributed by atoms with Crippen LogP contribution < -0.4 is 16.0 Å². The van der Waals surface area contributed by atoms with Crippen LogP contribution in [0.3, 0.4) is 0 Å². The number of anilines is 1. The van der Waals surface area contributed by atoms with Crippen molar-refractivity contribution in [2.45, 2.75) is 26.1 Å². The number of benzene rings is 1. The summed E-state index contributed by atoms with van der Waals surface area (Å²) in [7, 11) is 0. The molecule has 10 heteroatoms. The molecule has 0 saturated carbocycles. The van der Waals surface area contributed by atoms with Gasteiger partial charge in [0.05, 0.1) is 10.5 Å². The summed E-state index contributed by atoms with van der Waals surface area (Å²) in [5, 5.41) is 19.9. The molecule has 3 N–H and O–H groups in total. The van der Waals surface area contributed by atoms with Crippen LogP contribution in [0.25, 0.3) is 0 Å². The number of nitrogens with one attached hydrogen (secondary N) is 3. The molecule has 128 valence electrons. The van der Waals surface area contributed by atoms with Crippen molar-refractivity contribution >= 4 is 28.7 Å². The van der Waals surface area contributed by atoms with Crippen molar-refractivity contribution in [1.82, 2.24) is 10.6 Å². The molecule has 0 aromatic heterocycles. The fraction of sp³-hybridized carbons (Fsp3) is 0.462. The number of nitro benzene ring substituents is 1. The summed E-state index contributed by atoms with van der Waals surface area (Å²) in [5.74, 6) is 0. The Morgan fingerprint density at radius 2 is 2.00 bits per heavy atom. The largest absolute Gasteiger partial charge is 0.416 e. The number of nitrogens with zero attached hydrogens (tertiary/aromatic N) is 1. The van der Waals surface area contributed by atoms with Gasteiger partial charge in [0, 0.05) is 25.2 Å². The van der Waals surface area contributed by atoms with Gasteiger partial charge >= 0.3 is 6.18 Å². The number of hydrogen-bond donors (Lipinski definition) is 3. The van der Waals surface area contributed by atoms with Crippen LogP contribution in [-0.4, -0.2) is 29.2 Å². The van der Waals surface area contributed by atoms with Crippen LogP contribution in [0.15, 0.2) is 18.2 Å². The third-order valence-corrected chi connectivity index (χ3v) is 2.93. The molecule has 6 nitrogen and oxygen atoms in total. The monoisotopic (exact) mass is 350 g/mol. The van der Waals surface area contributed by atoms with Gasteiger partial charge in [0.15, 0.2) is 5.11 Å². The third-order valence-electron chi connectivity index (χ3n) is 2.67. The molecule has 0 unspecified atom stereocenters. The number of thiocarbonyl (C=S) groups is 1. The lowest BCUT2D eigenvalue weighted by Gasteiger charge is -2.14. The van der Waals surface area contributed by atoms with Crippen LogP contribution in [-0.2, 0) is 6.18 Å². The van der Waals surface area contributed by atoms with Gasteiger partial charge < -0.3 is 16.0 Å². The highest BCUT2D eigenvalue weighted by Crippen LogP contribution is 2.34. The van der Waals surface area contributed by atoms with Gasteiger partial charge in [-0.1, -0.05) is 0 Å². The molecule has 0 radical (unpaired) electrons. The predicted octanol–water partition coefficient (Wildman–Crippen LogP) is 2.90. The summed E-state index contributed by atoms with van der Waals surface area (Å²) in [4.78, 5) is 10.1. The topological polar surface area (TPSA) is 79.2 Å². The van der Waals surface area contributed by atoms with Gasteiger partial charge in [0.2, 0.25) is 0 Å². The zero-order valence-corrected chi connectivity index (χ0v) is 13.3. The lowest BCUT2D eigenvalue weighted by molar-refractivity contribution is -0.384. The lowest BCUT2D eigenvalue weighted by Crippen LogP contribution is -2.41. The van der Waals surface area contributed by atoms with Crippen molar-refractivity contribution in [2.75, 3.05) is 18.4 Å². The van der Waals surface area contributed by atoms with Crippen molar-refractivity contribution in [1.29, 1.82) is 0 Å². The van der Waals surface area contributed by atoms with Gasteiger partial charge in [-0.3, -0.25) is 10.1 Å². The van der Waals surface area contributed by atoms with Crippen LogP contribution in [0.1, 0.15) is 19.4 Å². The zero-order chi connectivity index (χ0) is 17.6. The summed E-state index contributed by atoms with van der Waals surface area (Å²) >= 11 is 5.00. The SMILES string of the molecule is CC(C)NC(=S)NCCNc1ccc(C(F)(F)F)cc1[N+](=O)[O-]. The summed E-state index contributed by atoms with van der Waals surface area (Å²) in [6.45, 7) is 4.44. The Balaban J connectivity index is 2.67. The molecule has 1 rings (SSSR count). The molecule has 0 fully saturated rings. The van der Waals surface area contributed by atoms with E-state index in [2.05, 4.69) is 16.0 Å². The van der Waals surface area contributed by atoms with Gasteiger partial charge in [-0.25, -0.2) is 0 Å². The summed E-state index contributed by atoms with van der Waals surface area (Å²) in [5.41, 5.74) is -1.66. The summed E-state index contributed by atoms with van der Waals surface area (Å²) in [6, 6.07) is 2.53. The maximum atomic E-state index is 12.6. The fourth-order valence-electron chi connectivity index (χ4n) is 1.69. The molecule has 1 aromatic rings. The van der Waals surface area contributed by atoms with E-state index in [1.807, 2.05) is 13.8 Å². The number of rotatable bonds is 6. The number of alkyl halides is 3. The van der Waals surface area contributed by atoms with E-state index in [-0.39, 0.29) is 18.3 Å². The van der Waals surface area contributed by atoms with E-state index in [1.165, 1.54) is 0 Å². The van der Waals surface area contributed by atoms with E-state index in [0.717, 1.165) is 12.1 Å². The van der Waals surface area contributed by atoms with Gasteiger partial charge in [0.25, 0.3) is 5.69 Å². The zero-order valence-electron chi connectivity index (χ0n) is 12.5. The molecule has 0 aliphatic rings. The van der Waals surface area contributed by atoms with E-state index < -0.39 is 22.4 Å². The first-order valence-corrected chi connectivity index (χ1v) is 7.16. The minimum atomic E-state index is -4.63. The predicted molar refractivity (Wildman–Crippen MR) is 85.5 cm³/mol. The van der Waals surface area contributed by atoms with Gasteiger partial charge in [0.1, 0.15) is 5.69 Å². The van der Waals surface area contributed by atoms with E-state index in [9.17, 15) is 23.3 Å². The molecular formula is C13H17F3N4O2S. The molecule has 0 spiro atoms. The quantitative estimate of drug-likeness (QED) is 0.317. The molecule has 0 bridgehead atoms. The van der Waals surface area contributed by atoms with Crippen LogP contribution in [0.4, 0.5) is 24.5 Å². The highest BCUT2D eigenvalue weighted by atomic mass is 32.1. The molecule has 0 amide bonds. The third kappa shape index (κ3) is 6.27. The molecule has 0 aliphatic carbocycles. The van der Waals surface area contributed by atoms with Crippen molar-refractivity contribution in [3.8, 4) is 0 Å². The average Bonchev–Trinajstić information content (AvgIpc) is 2.41. The second-order valence-electron chi connectivity index (χ2n) is 4.97. The van der Waals surface area contributed by atoms with E-state index in [4.69, 9.17) is 12.2 Å². The highest BCUT2D eigenvalue weighted by Gasteiger charge is 2.32. The first kappa shape index (κ1) is 18.9. The van der Waals surface area contributed by atoms with Crippen molar-refractivity contribution in [3.63, 3.8) is 0 Å². The van der Waals surface area contributed by atoms with Crippen molar-refractivity contribution in [3.05, 3.63) is 33.9 Å². The van der Waals surface area contributed by atoms with Crippen LogP contribution in [0, 0.1) is 10.1 Å². The Morgan fingerprint density at radius 1 is 1.35 bits per heavy atom. The molecule has 1 aromatic carbocycles. The van der Waals surface area contributed by atoms with Crippen molar-refractivity contribution < 1.29 is 18.1 Å². The molecule has 23 heavy (non-hydrogen) atoms. The maximum absolute atomic E-state index is 12.6. The Labute approximate surface area is 136 Å².